The molecular weight excluding hydrogens is 474 g/mol. The largest absolute Gasteiger partial charge is 0.358 e. The lowest BCUT2D eigenvalue weighted by Crippen LogP contribution is -2.46. The highest BCUT2D eigenvalue weighted by Crippen LogP contribution is 2.35. The Morgan fingerprint density at radius 3 is 2.84 bits per heavy atom. The Bertz CT molecular complexity index is 1550. The highest BCUT2D eigenvalue weighted by molar-refractivity contribution is 6.39. The molecule has 3 aromatic heterocycles. The molecule has 2 amide bonds. The van der Waals surface area contributed by atoms with Crippen LogP contribution >= 0.6 is 0 Å². The van der Waals surface area contributed by atoms with E-state index in [2.05, 4.69) is 51.3 Å². The summed E-state index contributed by atoms with van der Waals surface area (Å²) in [6.07, 6.45) is 6.25. The van der Waals surface area contributed by atoms with Crippen LogP contribution in [0, 0.1) is 5.92 Å². The molecule has 192 valence electrons. The van der Waals surface area contributed by atoms with Crippen molar-refractivity contribution in [1.29, 1.82) is 0 Å². The summed E-state index contributed by atoms with van der Waals surface area (Å²) in [5, 5.41) is 10.9. The van der Waals surface area contributed by atoms with Crippen LogP contribution in [0.1, 0.15) is 43.8 Å². The third kappa shape index (κ3) is 4.39. The fourth-order valence-electron chi connectivity index (χ4n) is 5.53. The van der Waals surface area contributed by atoms with Crippen LogP contribution in [0.15, 0.2) is 46.0 Å². The van der Waals surface area contributed by atoms with Crippen LogP contribution in [0.3, 0.4) is 0 Å². The molecule has 11 nitrogen and oxygen atoms in total. The minimum atomic E-state index is -0.768. The number of amides is 2. The lowest BCUT2D eigenvalue weighted by atomic mass is 9.89. The van der Waals surface area contributed by atoms with Crippen LogP contribution in [0.25, 0.3) is 22.0 Å². The number of carbonyl (C=O) groups is 2. The lowest BCUT2D eigenvalue weighted by Gasteiger charge is -2.38. The molecule has 0 bridgehead atoms. The second kappa shape index (κ2) is 9.15. The smallest absolute Gasteiger partial charge is 0.313 e. The molecule has 2 fully saturated rings. The van der Waals surface area contributed by atoms with E-state index < -0.39 is 17.4 Å². The van der Waals surface area contributed by atoms with Gasteiger partial charge >= 0.3 is 11.8 Å². The van der Waals surface area contributed by atoms with E-state index in [0.29, 0.717) is 12.6 Å². The Balaban J connectivity index is 1.24. The van der Waals surface area contributed by atoms with E-state index in [4.69, 9.17) is 9.62 Å². The van der Waals surface area contributed by atoms with Gasteiger partial charge in [0.25, 0.3) is 11.3 Å². The zero-order chi connectivity index (χ0) is 25.7. The van der Waals surface area contributed by atoms with Crippen molar-refractivity contribution in [2.24, 2.45) is 5.92 Å². The molecule has 1 aromatic carbocycles. The number of aromatic nitrogens is 4. The number of aromatic amines is 1. The minimum Gasteiger partial charge on any atom is -0.358 e. The number of hydrogen-bond donors (Lipinski definition) is 2. The van der Waals surface area contributed by atoms with Gasteiger partial charge in [-0.2, -0.15) is 10.3 Å². The van der Waals surface area contributed by atoms with E-state index in [-0.39, 0.29) is 28.7 Å². The third-order valence-electron chi connectivity index (χ3n) is 7.54. The first kappa shape index (κ1) is 23.4. The standard InChI is InChI=1S/C26H29N7O4/c1-15-3-6-22(16-4-5-17-13-33(29-21(17)9-16)19-7-8-31(2)14-19)32(12-15)26(36)24(35)28-18-10-20-23(34)30-37-25(20)27-11-18/h4-5,9-11,13,15,19,22H,3,6-8,12,14H2,1-2H3,(H,28,35)(H,30,34)/t15-,19-,22+/m0/s1. The SMILES string of the molecule is C[C@H]1CC[C@H](c2ccc3cn([C@H]4CCN(C)C4)nc3c2)N(C(=O)C(=O)Nc2cnc3o[nH]c(=O)c3c2)C1. The molecule has 2 aliphatic rings. The Labute approximate surface area is 212 Å². The molecular formula is C26H29N7O4. The van der Waals surface area contributed by atoms with E-state index in [0.717, 1.165) is 48.8 Å². The topological polar surface area (TPSA) is 129 Å². The summed E-state index contributed by atoms with van der Waals surface area (Å²) < 4.78 is 7.01. The molecule has 0 spiro atoms. The third-order valence-corrected chi connectivity index (χ3v) is 7.54. The second-order valence-corrected chi connectivity index (χ2v) is 10.4. The van der Waals surface area contributed by atoms with Gasteiger partial charge in [0.1, 0.15) is 5.39 Å². The van der Waals surface area contributed by atoms with E-state index in [1.54, 1.807) is 4.90 Å². The molecule has 2 saturated heterocycles. The Morgan fingerprint density at radius 1 is 1.16 bits per heavy atom. The van der Waals surface area contributed by atoms with Gasteiger partial charge in [0, 0.05) is 24.7 Å². The van der Waals surface area contributed by atoms with Gasteiger partial charge in [0.15, 0.2) is 0 Å². The average Bonchev–Trinajstić information content (AvgIpc) is 3.61. The van der Waals surface area contributed by atoms with Crippen molar-refractivity contribution < 1.29 is 14.1 Å². The summed E-state index contributed by atoms with van der Waals surface area (Å²) in [6, 6.07) is 7.72. The maximum atomic E-state index is 13.4. The molecule has 5 heterocycles. The number of benzene rings is 1. The first-order valence-corrected chi connectivity index (χ1v) is 12.6. The number of likely N-dealkylation sites (N-methyl/N-ethyl adjacent to an activating group) is 1. The Hall–Kier alpha value is -3.99. The number of pyridine rings is 1. The van der Waals surface area contributed by atoms with Crippen LogP contribution in [-0.2, 0) is 9.59 Å². The van der Waals surface area contributed by atoms with Gasteiger partial charge in [-0.3, -0.25) is 19.1 Å². The van der Waals surface area contributed by atoms with Gasteiger partial charge < -0.3 is 19.6 Å². The van der Waals surface area contributed by atoms with Gasteiger partial charge in [-0.15, -0.1) is 0 Å². The normalized spacial score (nSPS) is 22.6. The molecule has 0 unspecified atom stereocenters. The number of H-pyrrole nitrogens is 1. The number of likely N-dealkylation sites (tertiary alicyclic amines) is 2. The van der Waals surface area contributed by atoms with E-state index >= 15 is 0 Å². The molecule has 0 saturated carbocycles. The van der Waals surface area contributed by atoms with Gasteiger partial charge in [0.2, 0.25) is 0 Å². The maximum Gasteiger partial charge on any atom is 0.313 e. The molecule has 0 radical (unpaired) electrons. The van der Waals surface area contributed by atoms with Crippen molar-refractivity contribution >= 4 is 39.5 Å². The van der Waals surface area contributed by atoms with Crippen molar-refractivity contribution in [3.8, 4) is 0 Å². The molecule has 2 aliphatic heterocycles. The molecule has 2 N–H and O–H groups in total. The predicted molar refractivity (Wildman–Crippen MR) is 137 cm³/mol. The predicted octanol–water partition coefficient (Wildman–Crippen LogP) is 2.68. The molecule has 4 aromatic rings. The summed E-state index contributed by atoms with van der Waals surface area (Å²) in [5.41, 5.74) is 1.81. The molecule has 37 heavy (non-hydrogen) atoms. The fourth-order valence-corrected chi connectivity index (χ4v) is 5.53. The number of piperidine rings is 1. The average molecular weight is 504 g/mol. The van der Waals surface area contributed by atoms with Crippen LogP contribution in [-0.4, -0.2) is 68.2 Å². The van der Waals surface area contributed by atoms with E-state index in [1.165, 1.54) is 12.3 Å². The zero-order valence-electron chi connectivity index (χ0n) is 20.8. The number of hydrogen-bond acceptors (Lipinski definition) is 7. The second-order valence-electron chi connectivity index (χ2n) is 10.4. The monoisotopic (exact) mass is 503 g/mol. The van der Waals surface area contributed by atoms with Crippen LogP contribution in [0.2, 0.25) is 0 Å². The number of rotatable bonds is 3. The summed E-state index contributed by atoms with van der Waals surface area (Å²) in [6.45, 7) is 4.61. The molecule has 11 heteroatoms. The summed E-state index contributed by atoms with van der Waals surface area (Å²) in [5.74, 6) is -1.11. The van der Waals surface area contributed by atoms with E-state index in [1.807, 2.05) is 12.1 Å². The lowest BCUT2D eigenvalue weighted by molar-refractivity contribution is -0.146. The van der Waals surface area contributed by atoms with Crippen LogP contribution < -0.4 is 10.9 Å². The zero-order valence-corrected chi connectivity index (χ0v) is 20.8. The fraction of sp³-hybridized carbons (Fsp3) is 0.423. The maximum absolute atomic E-state index is 13.4. The summed E-state index contributed by atoms with van der Waals surface area (Å²) >= 11 is 0. The van der Waals surface area contributed by atoms with Crippen molar-refractivity contribution in [1.82, 2.24) is 29.7 Å². The number of anilines is 1. The Kier molecular flexibility index (Phi) is 5.79. The highest BCUT2D eigenvalue weighted by atomic mass is 16.5. The van der Waals surface area contributed by atoms with Gasteiger partial charge in [-0.1, -0.05) is 19.1 Å². The van der Waals surface area contributed by atoms with Crippen molar-refractivity contribution in [3.05, 3.63) is 52.6 Å². The quantitative estimate of drug-likeness (QED) is 0.411. The number of nitrogens with zero attached hydrogens (tertiary/aromatic N) is 5. The van der Waals surface area contributed by atoms with E-state index in [9.17, 15) is 14.4 Å². The molecule has 3 atom stereocenters. The van der Waals surface area contributed by atoms with Gasteiger partial charge in [0.05, 0.1) is 29.5 Å². The number of carbonyl (C=O) groups excluding carboxylic acids is 2. The Morgan fingerprint density at radius 2 is 2.03 bits per heavy atom. The number of fused-ring (bicyclic) bond motifs is 2. The first-order chi connectivity index (χ1) is 17.9. The summed E-state index contributed by atoms with van der Waals surface area (Å²) in [7, 11) is 2.12. The first-order valence-electron chi connectivity index (χ1n) is 12.6. The van der Waals surface area contributed by atoms with Crippen molar-refractivity contribution in [2.45, 2.75) is 38.3 Å². The van der Waals surface area contributed by atoms with Crippen LogP contribution in [0.5, 0.6) is 0 Å². The van der Waals surface area contributed by atoms with Crippen molar-refractivity contribution in [2.75, 3.05) is 32.0 Å². The molecule has 6 rings (SSSR count). The highest BCUT2D eigenvalue weighted by Gasteiger charge is 2.34. The van der Waals surface area contributed by atoms with Gasteiger partial charge in [-0.05, 0) is 56.5 Å². The summed E-state index contributed by atoms with van der Waals surface area (Å²) in [4.78, 5) is 46.2. The number of nitrogens with one attached hydrogen (secondary N) is 2. The molecule has 0 aliphatic carbocycles. The van der Waals surface area contributed by atoms with Gasteiger partial charge in [-0.25, -0.2) is 4.98 Å². The van der Waals surface area contributed by atoms with Crippen LogP contribution in [0.4, 0.5) is 5.69 Å². The van der Waals surface area contributed by atoms with Crippen molar-refractivity contribution in [3.63, 3.8) is 0 Å². The minimum absolute atomic E-state index is 0.136.